The zero-order valence-corrected chi connectivity index (χ0v) is 8.98. The Kier molecular flexibility index (Phi) is 3.22. The maximum Gasteiger partial charge on any atom is 0.206 e. The van der Waals surface area contributed by atoms with E-state index in [0.717, 1.165) is 16.6 Å². The molecule has 4 nitrogen and oxygen atoms in total. The van der Waals surface area contributed by atoms with Crippen LogP contribution in [0.5, 0.6) is 0 Å². The minimum Gasteiger partial charge on any atom is -0.394 e. The van der Waals surface area contributed by atoms with Gasteiger partial charge in [0.05, 0.1) is 12.1 Å². The predicted molar refractivity (Wildman–Crippen MR) is 54.1 cm³/mol. The maximum absolute atomic E-state index is 9.15. The molecule has 1 unspecified atom stereocenters. The second-order valence-electron chi connectivity index (χ2n) is 3.32. The van der Waals surface area contributed by atoms with E-state index >= 15 is 0 Å². The highest BCUT2D eigenvalue weighted by Crippen LogP contribution is 2.20. The fourth-order valence-electron chi connectivity index (χ4n) is 0.845. The van der Waals surface area contributed by atoms with Crippen molar-refractivity contribution in [2.24, 2.45) is 0 Å². The number of aliphatic hydroxyl groups excluding tert-OH is 1. The van der Waals surface area contributed by atoms with E-state index in [2.05, 4.69) is 15.5 Å². The van der Waals surface area contributed by atoms with Gasteiger partial charge in [0.1, 0.15) is 5.01 Å². The lowest BCUT2D eigenvalue weighted by Crippen LogP contribution is -2.37. The monoisotopic (exact) mass is 201 g/mol. The molecule has 0 radical (unpaired) electrons. The van der Waals surface area contributed by atoms with Crippen molar-refractivity contribution in [3.8, 4) is 0 Å². The van der Waals surface area contributed by atoms with E-state index in [9.17, 15) is 0 Å². The van der Waals surface area contributed by atoms with Crippen molar-refractivity contribution in [3.63, 3.8) is 0 Å². The zero-order chi connectivity index (χ0) is 9.90. The van der Waals surface area contributed by atoms with Crippen molar-refractivity contribution in [2.75, 3.05) is 11.9 Å². The van der Waals surface area contributed by atoms with Crippen molar-refractivity contribution in [2.45, 2.75) is 32.7 Å². The molecule has 1 heterocycles. The summed E-state index contributed by atoms with van der Waals surface area (Å²) in [5.74, 6) is 0. The molecule has 0 saturated heterocycles. The van der Waals surface area contributed by atoms with Crippen molar-refractivity contribution >= 4 is 16.5 Å². The third-order valence-corrected chi connectivity index (χ3v) is 2.82. The van der Waals surface area contributed by atoms with Crippen LogP contribution in [-0.2, 0) is 0 Å². The maximum atomic E-state index is 9.15. The molecule has 74 valence electrons. The number of anilines is 1. The Morgan fingerprint density at radius 1 is 1.54 bits per heavy atom. The fourth-order valence-corrected chi connectivity index (χ4v) is 1.59. The summed E-state index contributed by atoms with van der Waals surface area (Å²) in [6, 6.07) is 0. The molecule has 0 fully saturated rings. The number of aromatic nitrogens is 2. The van der Waals surface area contributed by atoms with Crippen LogP contribution in [-0.4, -0.2) is 27.4 Å². The Morgan fingerprint density at radius 3 is 2.62 bits per heavy atom. The van der Waals surface area contributed by atoms with E-state index in [1.54, 1.807) is 0 Å². The Balaban J connectivity index is 2.67. The van der Waals surface area contributed by atoms with E-state index in [0.29, 0.717) is 0 Å². The van der Waals surface area contributed by atoms with Crippen molar-refractivity contribution in [3.05, 3.63) is 5.01 Å². The van der Waals surface area contributed by atoms with Gasteiger partial charge in [0.25, 0.3) is 0 Å². The van der Waals surface area contributed by atoms with Gasteiger partial charge in [-0.15, -0.1) is 10.2 Å². The first-order chi connectivity index (χ1) is 6.09. The molecule has 1 rings (SSSR count). The van der Waals surface area contributed by atoms with Crippen LogP contribution < -0.4 is 5.32 Å². The molecule has 1 atom stereocenters. The number of nitrogens with one attached hydrogen (secondary N) is 1. The number of rotatable bonds is 4. The number of aliphatic hydroxyl groups is 1. The highest BCUT2D eigenvalue weighted by atomic mass is 32.1. The molecule has 1 aromatic heterocycles. The Labute approximate surface area is 82.0 Å². The summed E-state index contributed by atoms with van der Waals surface area (Å²) >= 11 is 1.50. The Bertz CT molecular complexity index is 270. The minimum atomic E-state index is -0.286. The quantitative estimate of drug-likeness (QED) is 0.773. The number of hydrogen-bond acceptors (Lipinski definition) is 5. The first-order valence-electron chi connectivity index (χ1n) is 4.29. The number of nitrogens with zero attached hydrogens (tertiary/aromatic N) is 2. The minimum absolute atomic E-state index is 0.0993. The topological polar surface area (TPSA) is 58.0 Å². The molecule has 0 aliphatic heterocycles. The molecule has 2 N–H and O–H groups in total. The lowest BCUT2D eigenvalue weighted by Gasteiger charge is -2.26. The normalized spacial score (nSPS) is 15.4. The summed E-state index contributed by atoms with van der Waals surface area (Å²) in [5, 5.41) is 21.9. The van der Waals surface area contributed by atoms with Crippen LogP contribution in [0.15, 0.2) is 0 Å². The summed E-state index contributed by atoms with van der Waals surface area (Å²) in [7, 11) is 0. The molecule has 0 aliphatic carbocycles. The average Bonchev–Trinajstić information content (AvgIpc) is 2.51. The van der Waals surface area contributed by atoms with Gasteiger partial charge in [-0.1, -0.05) is 18.3 Å². The van der Waals surface area contributed by atoms with E-state index in [-0.39, 0.29) is 12.1 Å². The van der Waals surface area contributed by atoms with E-state index in [1.165, 1.54) is 11.3 Å². The van der Waals surface area contributed by atoms with Crippen LogP contribution in [0, 0.1) is 6.92 Å². The van der Waals surface area contributed by atoms with Crippen molar-refractivity contribution < 1.29 is 5.11 Å². The van der Waals surface area contributed by atoms with Gasteiger partial charge in [-0.2, -0.15) is 0 Å². The van der Waals surface area contributed by atoms with Crippen LogP contribution in [0.2, 0.25) is 0 Å². The second-order valence-corrected chi connectivity index (χ2v) is 4.51. The highest BCUT2D eigenvalue weighted by Gasteiger charge is 2.21. The number of aryl methyl sites for hydroxylation is 1. The standard InChI is InChI=1S/C8H15N3OS/c1-4-8(3,5-12)9-7-11-10-6(2)13-7/h12H,4-5H2,1-3H3,(H,9,11). The molecule has 0 saturated carbocycles. The third-order valence-electron chi connectivity index (χ3n) is 2.06. The van der Waals surface area contributed by atoms with Crippen LogP contribution in [0.3, 0.4) is 0 Å². The molecule has 1 aromatic rings. The summed E-state index contributed by atoms with van der Waals surface area (Å²) in [5.41, 5.74) is -0.286. The first-order valence-corrected chi connectivity index (χ1v) is 5.10. The molecular formula is C8H15N3OS. The van der Waals surface area contributed by atoms with Crippen LogP contribution in [0.1, 0.15) is 25.3 Å². The largest absolute Gasteiger partial charge is 0.394 e. The highest BCUT2D eigenvalue weighted by molar-refractivity contribution is 7.15. The van der Waals surface area contributed by atoms with Gasteiger partial charge < -0.3 is 10.4 Å². The summed E-state index contributed by atoms with van der Waals surface area (Å²) in [4.78, 5) is 0. The number of hydrogen-bond donors (Lipinski definition) is 2. The van der Waals surface area contributed by atoms with Gasteiger partial charge in [-0.25, -0.2) is 0 Å². The van der Waals surface area contributed by atoms with Gasteiger partial charge in [0.15, 0.2) is 0 Å². The van der Waals surface area contributed by atoms with Gasteiger partial charge >= 0.3 is 0 Å². The fraction of sp³-hybridized carbons (Fsp3) is 0.750. The van der Waals surface area contributed by atoms with Crippen LogP contribution >= 0.6 is 11.3 Å². The zero-order valence-electron chi connectivity index (χ0n) is 8.16. The smallest absolute Gasteiger partial charge is 0.206 e. The molecule has 0 aliphatic rings. The predicted octanol–water partition coefficient (Wildman–Crippen LogP) is 1.42. The second kappa shape index (κ2) is 4.02. The van der Waals surface area contributed by atoms with Gasteiger partial charge in [-0.05, 0) is 20.3 Å². The Morgan fingerprint density at radius 2 is 2.23 bits per heavy atom. The molecule has 13 heavy (non-hydrogen) atoms. The molecule has 0 aromatic carbocycles. The van der Waals surface area contributed by atoms with E-state index < -0.39 is 0 Å². The first kappa shape index (κ1) is 10.4. The lowest BCUT2D eigenvalue weighted by atomic mass is 10.0. The van der Waals surface area contributed by atoms with Crippen molar-refractivity contribution in [1.82, 2.24) is 10.2 Å². The van der Waals surface area contributed by atoms with E-state index in [1.807, 2.05) is 20.8 Å². The van der Waals surface area contributed by atoms with E-state index in [4.69, 9.17) is 5.11 Å². The summed E-state index contributed by atoms with van der Waals surface area (Å²) < 4.78 is 0. The van der Waals surface area contributed by atoms with Gasteiger partial charge in [-0.3, -0.25) is 0 Å². The van der Waals surface area contributed by atoms with Crippen LogP contribution in [0.4, 0.5) is 5.13 Å². The lowest BCUT2D eigenvalue weighted by molar-refractivity contribution is 0.219. The van der Waals surface area contributed by atoms with Gasteiger partial charge in [0, 0.05) is 0 Å². The third kappa shape index (κ3) is 2.63. The summed E-state index contributed by atoms with van der Waals surface area (Å²) in [6.07, 6.45) is 0.849. The molecule has 0 bridgehead atoms. The van der Waals surface area contributed by atoms with Crippen LogP contribution in [0.25, 0.3) is 0 Å². The SMILES string of the molecule is CCC(C)(CO)Nc1nnc(C)s1. The molecule has 0 spiro atoms. The molecule has 5 heteroatoms. The van der Waals surface area contributed by atoms with Gasteiger partial charge in [0.2, 0.25) is 5.13 Å². The Hall–Kier alpha value is -0.680. The average molecular weight is 201 g/mol. The molecular weight excluding hydrogens is 186 g/mol. The molecule has 0 amide bonds. The summed E-state index contributed by atoms with van der Waals surface area (Å²) in [6.45, 7) is 5.99. The van der Waals surface area contributed by atoms with Crippen molar-refractivity contribution in [1.29, 1.82) is 0 Å².